The van der Waals surface area contributed by atoms with Gasteiger partial charge in [-0.25, -0.2) is 4.39 Å². The van der Waals surface area contributed by atoms with Crippen molar-refractivity contribution in [3.8, 4) is 6.07 Å². The summed E-state index contributed by atoms with van der Waals surface area (Å²) in [5, 5.41) is 19.3. The lowest BCUT2D eigenvalue weighted by Gasteiger charge is -2.23. The molecule has 0 aliphatic carbocycles. The van der Waals surface area contributed by atoms with E-state index in [4.69, 9.17) is 5.26 Å². The zero-order chi connectivity index (χ0) is 16.0. The first-order valence-corrected chi connectivity index (χ1v) is 6.46. The van der Waals surface area contributed by atoms with Gasteiger partial charge in [0.1, 0.15) is 5.82 Å². The fourth-order valence-corrected chi connectivity index (χ4v) is 1.89. The van der Waals surface area contributed by atoms with Gasteiger partial charge < -0.3 is 4.90 Å². The molecule has 0 aromatic heterocycles. The number of rotatable bonds is 6. The largest absolute Gasteiger partial charge is 0.337 e. The summed E-state index contributed by atoms with van der Waals surface area (Å²) in [6.07, 6.45) is 0.149. The lowest BCUT2D eigenvalue weighted by molar-refractivity contribution is -0.385. The highest BCUT2D eigenvalue weighted by atomic mass is 19.1. The Hall–Kier alpha value is -2.49. The minimum Gasteiger partial charge on any atom is -0.337 e. The second-order valence-electron chi connectivity index (χ2n) is 5.01. The van der Waals surface area contributed by atoms with E-state index in [1.807, 2.05) is 19.9 Å². The Morgan fingerprint density at radius 2 is 2.14 bits per heavy atom. The predicted octanol–water partition coefficient (Wildman–Crippen LogP) is 2.75. The van der Waals surface area contributed by atoms with Crippen LogP contribution in [-0.4, -0.2) is 28.8 Å². The molecule has 0 spiro atoms. The van der Waals surface area contributed by atoms with Crippen molar-refractivity contribution in [2.24, 2.45) is 5.92 Å². The Morgan fingerprint density at radius 3 is 2.67 bits per heavy atom. The number of amides is 1. The van der Waals surface area contributed by atoms with E-state index in [-0.39, 0.29) is 24.4 Å². The minimum atomic E-state index is -0.836. The average molecular weight is 293 g/mol. The molecule has 0 fully saturated rings. The summed E-state index contributed by atoms with van der Waals surface area (Å²) < 4.78 is 13.4. The first-order chi connectivity index (χ1) is 9.85. The Morgan fingerprint density at radius 1 is 1.48 bits per heavy atom. The number of nitro groups is 1. The average Bonchev–Trinajstić information content (AvgIpc) is 2.41. The van der Waals surface area contributed by atoms with Crippen LogP contribution in [0.4, 0.5) is 10.1 Å². The minimum absolute atomic E-state index is 0.0831. The third kappa shape index (κ3) is 4.84. The van der Waals surface area contributed by atoms with E-state index >= 15 is 0 Å². The van der Waals surface area contributed by atoms with E-state index in [2.05, 4.69) is 0 Å². The van der Waals surface area contributed by atoms with Gasteiger partial charge in [0.25, 0.3) is 11.6 Å². The molecule has 6 nitrogen and oxygen atoms in total. The Bertz CT molecular complexity index is 581. The number of carbonyl (C=O) groups is 1. The highest BCUT2D eigenvalue weighted by Crippen LogP contribution is 2.18. The van der Waals surface area contributed by atoms with Crippen LogP contribution in [-0.2, 0) is 0 Å². The second-order valence-corrected chi connectivity index (χ2v) is 5.01. The maximum atomic E-state index is 13.4. The van der Waals surface area contributed by atoms with Crippen LogP contribution in [0.5, 0.6) is 0 Å². The van der Waals surface area contributed by atoms with Gasteiger partial charge in [-0.05, 0) is 12.0 Å². The van der Waals surface area contributed by atoms with Gasteiger partial charge in [0.05, 0.1) is 23.5 Å². The number of carbonyl (C=O) groups excluding carboxylic acids is 1. The third-order valence-corrected chi connectivity index (χ3v) is 2.71. The quantitative estimate of drug-likeness (QED) is 0.596. The van der Waals surface area contributed by atoms with Crippen molar-refractivity contribution < 1.29 is 14.1 Å². The molecular formula is C14H16FN3O3. The van der Waals surface area contributed by atoms with Crippen molar-refractivity contribution in [3.63, 3.8) is 0 Å². The molecule has 1 aromatic rings. The highest BCUT2D eigenvalue weighted by molar-refractivity contribution is 5.94. The van der Waals surface area contributed by atoms with Crippen molar-refractivity contribution in [2.45, 2.75) is 20.3 Å². The molecule has 0 radical (unpaired) electrons. The molecule has 1 rings (SSSR count). The van der Waals surface area contributed by atoms with E-state index in [1.54, 1.807) is 0 Å². The lowest BCUT2D eigenvalue weighted by Crippen LogP contribution is -2.35. The molecule has 7 heteroatoms. The molecule has 0 aliphatic heterocycles. The number of non-ortho nitro benzene ring substituents is 1. The third-order valence-electron chi connectivity index (χ3n) is 2.71. The number of hydrogen-bond acceptors (Lipinski definition) is 4. The molecule has 0 bridgehead atoms. The van der Waals surface area contributed by atoms with Crippen molar-refractivity contribution >= 4 is 11.6 Å². The summed E-state index contributed by atoms with van der Waals surface area (Å²) in [6.45, 7) is 4.41. The van der Waals surface area contributed by atoms with Gasteiger partial charge in [-0.2, -0.15) is 5.26 Å². The zero-order valence-corrected chi connectivity index (χ0v) is 11.9. The summed E-state index contributed by atoms with van der Waals surface area (Å²) in [5.74, 6) is -1.19. The molecule has 0 aliphatic rings. The predicted molar refractivity (Wildman–Crippen MR) is 74.0 cm³/mol. The van der Waals surface area contributed by atoms with E-state index in [1.165, 1.54) is 4.90 Å². The Kier molecular flexibility index (Phi) is 5.79. The van der Waals surface area contributed by atoms with E-state index in [0.29, 0.717) is 6.54 Å². The molecule has 112 valence electrons. The van der Waals surface area contributed by atoms with E-state index < -0.39 is 22.3 Å². The number of halogens is 1. The van der Waals surface area contributed by atoms with Gasteiger partial charge in [0.15, 0.2) is 0 Å². The summed E-state index contributed by atoms with van der Waals surface area (Å²) >= 11 is 0. The highest BCUT2D eigenvalue weighted by Gasteiger charge is 2.20. The molecule has 1 amide bonds. The number of nitrogens with zero attached hydrogens (tertiary/aromatic N) is 3. The number of nitro benzene ring substituents is 1. The van der Waals surface area contributed by atoms with Gasteiger partial charge in [-0.3, -0.25) is 14.9 Å². The standard InChI is InChI=1S/C14H16FN3O3/c1-10(2)9-17(5-3-4-16)14(19)11-6-12(15)8-13(7-11)18(20)21/h6-8,10H,3,5,9H2,1-2H3. The molecule has 0 heterocycles. The van der Waals surface area contributed by atoms with Crippen LogP contribution in [0.15, 0.2) is 18.2 Å². The van der Waals surface area contributed by atoms with Crippen molar-refractivity contribution in [3.05, 3.63) is 39.7 Å². The van der Waals surface area contributed by atoms with Crippen LogP contribution in [0.2, 0.25) is 0 Å². The smallest absolute Gasteiger partial charge is 0.273 e. The van der Waals surface area contributed by atoms with Crippen LogP contribution in [0.3, 0.4) is 0 Å². The van der Waals surface area contributed by atoms with Gasteiger partial charge in [-0.1, -0.05) is 13.8 Å². The van der Waals surface area contributed by atoms with Gasteiger partial charge in [-0.15, -0.1) is 0 Å². The summed E-state index contributed by atoms with van der Waals surface area (Å²) in [4.78, 5) is 23.7. The van der Waals surface area contributed by atoms with Crippen LogP contribution in [0.1, 0.15) is 30.6 Å². The molecule has 21 heavy (non-hydrogen) atoms. The van der Waals surface area contributed by atoms with Gasteiger partial charge >= 0.3 is 0 Å². The molecular weight excluding hydrogens is 277 g/mol. The Balaban J connectivity index is 3.07. The normalized spacial score (nSPS) is 10.2. The fraction of sp³-hybridized carbons (Fsp3) is 0.429. The number of nitriles is 1. The first-order valence-electron chi connectivity index (χ1n) is 6.46. The maximum Gasteiger partial charge on any atom is 0.273 e. The van der Waals surface area contributed by atoms with Crippen LogP contribution < -0.4 is 0 Å². The van der Waals surface area contributed by atoms with Gasteiger partial charge in [0.2, 0.25) is 0 Å². The summed E-state index contributed by atoms with van der Waals surface area (Å²) in [5.41, 5.74) is -0.552. The maximum absolute atomic E-state index is 13.4. The fourth-order valence-electron chi connectivity index (χ4n) is 1.89. The van der Waals surface area contributed by atoms with E-state index in [0.717, 1.165) is 18.2 Å². The zero-order valence-electron chi connectivity index (χ0n) is 11.9. The lowest BCUT2D eigenvalue weighted by atomic mass is 10.1. The van der Waals surface area contributed by atoms with Crippen molar-refractivity contribution in [1.29, 1.82) is 5.26 Å². The van der Waals surface area contributed by atoms with Crippen molar-refractivity contribution in [2.75, 3.05) is 13.1 Å². The molecule has 1 aromatic carbocycles. The molecule has 0 unspecified atom stereocenters. The topological polar surface area (TPSA) is 87.2 Å². The van der Waals surface area contributed by atoms with E-state index in [9.17, 15) is 19.3 Å². The second kappa shape index (κ2) is 7.33. The SMILES string of the molecule is CC(C)CN(CCC#N)C(=O)c1cc(F)cc([N+](=O)[O-])c1. The molecule has 0 N–H and O–H groups in total. The van der Waals surface area contributed by atoms with Crippen LogP contribution >= 0.6 is 0 Å². The van der Waals surface area contributed by atoms with Crippen LogP contribution in [0, 0.1) is 33.2 Å². The number of hydrogen-bond donors (Lipinski definition) is 0. The van der Waals surface area contributed by atoms with Gasteiger partial charge in [0, 0.05) is 24.7 Å². The first kappa shape index (κ1) is 16.6. The van der Waals surface area contributed by atoms with Crippen molar-refractivity contribution in [1.82, 2.24) is 4.90 Å². The van der Waals surface area contributed by atoms with Crippen LogP contribution in [0.25, 0.3) is 0 Å². The number of benzene rings is 1. The monoisotopic (exact) mass is 293 g/mol. The molecule has 0 atom stereocenters. The summed E-state index contributed by atoms with van der Waals surface area (Å²) in [7, 11) is 0. The Labute approximate surface area is 121 Å². The molecule has 0 saturated carbocycles. The summed E-state index contributed by atoms with van der Waals surface area (Å²) in [6, 6.07) is 4.72. The molecule has 0 saturated heterocycles.